The highest BCUT2D eigenvalue weighted by atomic mass is 16.6. The fraction of sp³-hybridized carbons (Fsp3) is 0.619. The average molecular weight is 379 g/mol. The van der Waals surface area contributed by atoms with Crippen molar-refractivity contribution < 1.29 is 23.8 Å². The molecular weight excluding hydrogens is 346 g/mol. The molecule has 0 amide bonds. The highest BCUT2D eigenvalue weighted by Gasteiger charge is 2.48. The Balaban J connectivity index is 2.86. The molecule has 6 nitrogen and oxygen atoms in total. The Morgan fingerprint density at radius 1 is 1.07 bits per heavy atom. The van der Waals surface area contributed by atoms with Crippen LogP contribution >= 0.6 is 0 Å². The molecule has 0 aliphatic carbocycles. The molecule has 0 saturated heterocycles. The van der Waals surface area contributed by atoms with Gasteiger partial charge >= 0.3 is 11.9 Å². The maximum atomic E-state index is 12.6. The van der Waals surface area contributed by atoms with Crippen LogP contribution in [0.15, 0.2) is 30.3 Å². The largest absolute Gasteiger partial charge is 0.467 e. The van der Waals surface area contributed by atoms with Gasteiger partial charge in [0.25, 0.3) is 0 Å². The normalized spacial score (nSPS) is 15.1. The van der Waals surface area contributed by atoms with Gasteiger partial charge < -0.3 is 19.9 Å². The smallest absolute Gasteiger partial charge is 0.338 e. The zero-order chi connectivity index (χ0) is 20.7. The predicted molar refractivity (Wildman–Crippen MR) is 104 cm³/mol. The van der Waals surface area contributed by atoms with Gasteiger partial charge in [0.1, 0.15) is 5.60 Å². The van der Waals surface area contributed by atoms with E-state index in [0.717, 1.165) is 5.56 Å². The second kappa shape index (κ2) is 9.85. The van der Waals surface area contributed by atoms with Crippen LogP contribution in [-0.2, 0) is 30.4 Å². The number of hydrogen-bond donors (Lipinski definition) is 1. The van der Waals surface area contributed by atoms with E-state index in [0.29, 0.717) is 13.2 Å². The summed E-state index contributed by atoms with van der Waals surface area (Å²) in [6, 6.07) is 9.80. The molecular formula is C21H33NO5. The van der Waals surface area contributed by atoms with Crippen LogP contribution < -0.4 is 5.73 Å². The molecule has 0 radical (unpaired) electrons. The van der Waals surface area contributed by atoms with Gasteiger partial charge in [-0.1, -0.05) is 44.2 Å². The second-order valence-corrected chi connectivity index (χ2v) is 8.17. The third-order valence-corrected chi connectivity index (χ3v) is 4.28. The number of ether oxygens (including phenoxy) is 3. The molecule has 0 heterocycles. The molecule has 2 atom stereocenters. The Kier molecular flexibility index (Phi) is 8.44. The van der Waals surface area contributed by atoms with Crippen LogP contribution in [0.25, 0.3) is 0 Å². The van der Waals surface area contributed by atoms with Crippen LogP contribution in [0.1, 0.15) is 46.6 Å². The minimum absolute atomic E-state index is 0.0844. The molecule has 0 aliphatic rings. The molecule has 0 saturated carbocycles. The van der Waals surface area contributed by atoms with Crippen LogP contribution in [0.4, 0.5) is 0 Å². The van der Waals surface area contributed by atoms with Crippen LogP contribution in [0, 0.1) is 11.8 Å². The van der Waals surface area contributed by atoms with Gasteiger partial charge in [0, 0.05) is 0 Å². The Bertz CT molecular complexity index is 609. The molecule has 1 rings (SSSR count). The fourth-order valence-corrected chi connectivity index (χ4v) is 2.60. The maximum Gasteiger partial charge on any atom is 0.338 e. The Labute approximate surface area is 162 Å². The quantitative estimate of drug-likeness (QED) is 0.524. The molecule has 0 fully saturated rings. The molecule has 0 aliphatic heterocycles. The average Bonchev–Trinajstić information content (AvgIpc) is 2.59. The van der Waals surface area contributed by atoms with E-state index in [1.165, 1.54) is 7.11 Å². The minimum Gasteiger partial charge on any atom is -0.467 e. The molecule has 0 unspecified atom stereocenters. The lowest BCUT2D eigenvalue weighted by Crippen LogP contribution is -2.59. The number of benzene rings is 1. The van der Waals surface area contributed by atoms with Crippen molar-refractivity contribution in [3.63, 3.8) is 0 Å². The van der Waals surface area contributed by atoms with Crippen molar-refractivity contribution in [2.24, 2.45) is 17.6 Å². The molecule has 6 heteroatoms. The van der Waals surface area contributed by atoms with Crippen LogP contribution in [0.2, 0.25) is 0 Å². The van der Waals surface area contributed by atoms with Crippen LogP contribution in [0.3, 0.4) is 0 Å². The number of hydrogen-bond acceptors (Lipinski definition) is 6. The Morgan fingerprint density at radius 3 is 2.15 bits per heavy atom. The molecule has 1 aromatic carbocycles. The lowest BCUT2D eigenvalue weighted by Gasteiger charge is -2.33. The van der Waals surface area contributed by atoms with Crippen molar-refractivity contribution in [1.82, 2.24) is 0 Å². The first-order chi connectivity index (χ1) is 12.5. The first-order valence-electron chi connectivity index (χ1n) is 9.22. The van der Waals surface area contributed by atoms with Gasteiger partial charge in [-0.25, -0.2) is 9.59 Å². The van der Waals surface area contributed by atoms with Crippen molar-refractivity contribution >= 4 is 11.9 Å². The summed E-state index contributed by atoms with van der Waals surface area (Å²) < 4.78 is 16.0. The van der Waals surface area contributed by atoms with Crippen molar-refractivity contribution in [1.29, 1.82) is 0 Å². The predicted octanol–water partition coefficient (Wildman–Crippen LogP) is 3.08. The number of rotatable bonds is 9. The summed E-state index contributed by atoms with van der Waals surface area (Å²) in [4.78, 5) is 25.0. The van der Waals surface area contributed by atoms with E-state index in [1.807, 2.05) is 44.2 Å². The second-order valence-electron chi connectivity index (χ2n) is 8.17. The lowest BCUT2D eigenvalue weighted by molar-refractivity contribution is -0.172. The SMILES string of the molecule is COC(=O)[C@@](N)(C[C@@H](COCc1ccccc1)C(C)C)C(=O)OC(C)(C)C. The van der Waals surface area contributed by atoms with Crippen LogP contribution in [-0.4, -0.2) is 36.8 Å². The van der Waals surface area contributed by atoms with Gasteiger partial charge in [0.2, 0.25) is 5.54 Å². The zero-order valence-corrected chi connectivity index (χ0v) is 17.3. The Hall–Kier alpha value is -1.92. The lowest BCUT2D eigenvalue weighted by atomic mass is 9.82. The third-order valence-electron chi connectivity index (χ3n) is 4.28. The monoisotopic (exact) mass is 379 g/mol. The topological polar surface area (TPSA) is 87.9 Å². The third kappa shape index (κ3) is 7.31. The molecule has 152 valence electrons. The van der Waals surface area contributed by atoms with Crippen molar-refractivity contribution in [2.45, 2.75) is 58.8 Å². The number of carbonyl (C=O) groups excluding carboxylic acids is 2. The summed E-state index contributed by atoms with van der Waals surface area (Å²) in [6.07, 6.45) is 0.0844. The van der Waals surface area contributed by atoms with Gasteiger partial charge in [-0.05, 0) is 44.6 Å². The highest BCUT2D eigenvalue weighted by molar-refractivity contribution is 6.04. The molecule has 27 heavy (non-hydrogen) atoms. The van der Waals surface area contributed by atoms with E-state index in [9.17, 15) is 9.59 Å². The summed E-state index contributed by atoms with van der Waals surface area (Å²) in [6.45, 7) is 10.0. The van der Waals surface area contributed by atoms with E-state index in [2.05, 4.69) is 0 Å². The number of methoxy groups -OCH3 is 1. The summed E-state index contributed by atoms with van der Waals surface area (Å²) in [7, 11) is 1.21. The minimum atomic E-state index is -1.87. The highest BCUT2D eigenvalue weighted by Crippen LogP contribution is 2.26. The molecule has 0 spiro atoms. The first-order valence-corrected chi connectivity index (χ1v) is 9.22. The Morgan fingerprint density at radius 2 is 1.67 bits per heavy atom. The number of nitrogens with two attached hydrogens (primary N) is 1. The summed E-state index contributed by atoms with van der Waals surface area (Å²) >= 11 is 0. The van der Waals surface area contributed by atoms with E-state index < -0.39 is 23.1 Å². The van der Waals surface area contributed by atoms with Gasteiger partial charge in [-0.3, -0.25) is 0 Å². The molecule has 0 aromatic heterocycles. The van der Waals surface area contributed by atoms with Gasteiger partial charge in [-0.15, -0.1) is 0 Å². The first kappa shape index (κ1) is 23.1. The molecule has 2 N–H and O–H groups in total. The van der Waals surface area contributed by atoms with Crippen molar-refractivity contribution in [3.8, 4) is 0 Å². The standard InChI is InChI=1S/C21H33NO5/c1-15(2)17(14-26-13-16-10-8-7-9-11-16)12-21(22,18(23)25-6)19(24)27-20(3,4)5/h7-11,15,17H,12-14,22H2,1-6H3/t17-,21-/m0/s1. The van der Waals surface area contributed by atoms with E-state index >= 15 is 0 Å². The molecule has 0 bridgehead atoms. The van der Waals surface area contributed by atoms with Gasteiger partial charge in [-0.2, -0.15) is 0 Å². The summed E-state index contributed by atoms with van der Waals surface area (Å²) in [5, 5.41) is 0. The zero-order valence-electron chi connectivity index (χ0n) is 17.3. The molecule has 1 aromatic rings. The number of esters is 2. The van der Waals surface area contributed by atoms with E-state index in [1.54, 1.807) is 20.8 Å². The summed E-state index contributed by atoms with van der Waals surface area (Å²) in [5.41, 5.74) is 4.65. The number of carbonyl (C=O) groups is 2. The summed E-state index contributed by atoms with van der Waals surface area (Å²) in [5.74, 6) is -1.55. The van der Waals surface area contributed by atoms with Gasteiger partial charge in [0.05, 0.1) is 20.3 Å². The van der Waals surface area contributed by atoms with E-state index in [-0.39, 0.29) is 18.3 Å². The fourth-order valence-electron chi connectivity index (χ4n) is 2.60. The van der Waals surface area contributed by atoms with Crippen LogP contribution in [0.5, 0.6) is 0 Å². The van der Waals surface area contributed by atoms with Crippen molar-refractivity contribution in [2.75, 3.05) is 13.7 Å². The van der Waals surface area contributed by atoms with Gasteiger partial charge in [0.15, 0.2) is 0 Å². The van der Waals surface area contributed by atoms with E-state index in [4.69, 9.17) is 19.9 Å². The maximum absolute atomic E-state index is 12.6. The van der Waals surface area contributed by atoms with Crippen molar-refractivity contribution in [3.05, 3.63) is 35.9 Å².